The van der Waals surface area contributed by atoms with E-state index in [1.807, 2.05) is 6.07 Å². The summed E-state index contributed by atoms with van der Waals surface area (Å²) in [5, 5.41) is 3.40. The molecule has 0 saturated carbocycles. The third-order valence-electron chi connectivity index (χ3n) is 2.99. The second-order valence-electron chi connectivity index (χ2n) is 4.53. The van der Waals surface area contributed by atoms with Crippen molar-refractivity contribution in [1.29, 1.82) is 0 Å². The van der Waals surface area contributed by atoms with Crippen LogP contribution in [0.2, 0.25) is 0 Å². The fourth-order valence-electron chi connectivity index (χ4n) is 1.83. The minimum Gasteiger partial charge on any atom is -0.465 e. The van der Waals surface area contributed by atoms with Crippen molar-refractivity contribution in [3.05, 3.63) is 33.8 Å². The van der Waals surface area contributed by atoms with Crippen molar-refractivity contribution in [2.75, 3.05) is 27.4 Å². The van der Waals surface area contributed by atoms with Crippen molar-refractivity contribution in [3.63, 3.8) is 0 Å². The molecule has 0 aliphatic carbocycles. The maximum Gasteiger partial charge on any atom is 0.337 e. The van der Waals surface area contributed by atoms with E-state index in [4.69, 9.17) is 9.47 Å². The van der Waals surface area contributed by atoms with Gasteiger partial charge in [0.2, 0.25) is 0 Å². The third kappa shape index (κ3) is 6.03. The van der Waals surface area contributed by atoms with Crippen LogP contribution in [0.4, 0.5) is 0 Å². The summed E-state index contributed by atoms with van der Waals surface area (Å²) in [5.74, 6) is -0.316. The number of unbranched alkanes of at least 4 members (excludes halogenated alkanes) is 2. The van der Waals surface area contributed by atoms with E-state index in [2.05, 4.69) is 21.2 Å². The average molecular weight is 344 g/mol. The summed E-state index contributed by atoms with van der Waals surface area (Å²) in [6, 6.07) is 5.52. The van der Waals surface area contributed by atoms with E-state index in [0.29, 0.717) is 5.56 Å². The topological polar surface area (TPSA) is 47.6 Å². The van der Waals surface area contributed by atoms with Crippen LogP contribution < -0.4 is 5.32 Å². The van der Waals surface area contributed by atoms with Gasteiger partial charge < -0.3 is 14.8 Å². The summed E-state index contributed by atoms with van der Waals surface area (Å²) >= 11 is 3.48. The first-order valence-electron chi connectivity index (χ1n) is 6.75. The van der Waals surface area contributed by atoms with Gasteiger partial charge in [-0.25, -0.2) is 4.79 Å². The first-order chi connectivity index (χ1) is 9.69. The van der Waals surface area contributed by atoms with Crippen LogP contribution in [0.25, 0.3) is 0 Å². The number of methoxy groups -OCH3 is 2. The van der Waals surface area contributed by atoms with Gasteiger partial charge in [-0.2, -0.15) is 0 Å². The van der Waals surface area contributed by atoms with Crippen molar-refractivity contribution >= 4 is 21.9 Å². The second-order valence-corrected chi connectivity index (χ2v) is 5.38. The van der Waals surface area contributed by atoms with Gasteiger partial charge in [0.1, 0.15) is 0 Å². The van der Waals surface area contributed by atoms with Crippen LogP contribution in [0.1, 0.15) is 35.2 Å². The SMILES string of the molecule is COCCCCCNCc1ccc(C(=O)OC)cc1Br. The molecule has 0 heterocycles. The van der Waals surface area contributed by atoms with Gasteiger partial charge in [0.15, 0.2) is 0 Å². The summed E-state index contributed by atoms with van der Waals surface area (Å²) in [4.78, 5) is 11.4. The van der Waals surface area contributed by atoms with Gasteiger partial charge in [-0.1, -0.05) is 22.0 Å². The van der Waals surface area contributed by atoms with Crippen molar-refractivity contribution in [3.8, 4) is 0 Å². The normalized spacial score (nSPS) is 10.6. The highest BCUT2D eigenvalue weighted by molar-refractivity contribution is 9.10. The largest absolute Gasteiger partial charge is 0.465 e. The molecule has 4 nitrogen and oxygen atoms in total. The molecule has 0 unspecified atom stereocenters. The zero-order valence-corrected chi connectivity index (χ0v) is 13.7. The first kappa shape index (κ1) is 17.1. The monoisotopic (exact) mass is 343 g/mol. The van der Waals surface area contributed by atoms with E-state index >= 15 is 0 Å². The number of halogens is 1. The lowest BCUT2D eigenvalue weighted by molar-refractivity contribution is 0.0600. The maximum atomic E-state index is 11.4. The van der Waals surface area contributed by atoms with E-state index in [0.717, 1.165) is 42.6 Å². The van der Waals surface area contributed by atoms with E-state index in [1.54, 1.807) is 19.2 Å². The molecular weight excluding hydrogens is 322 g/mol. The summed E-state index contributed by atoms with van der Waals surface area (Å²) in [6.07, 6.45) is 3.42. The van der Waals surface area contributed by atoms with Crippen LogP contribution in [0.5, 0.6) is 0 Å². The molecule has 1 aromatic carbocycles. The molecule has 20 heavy (non-hydrogen) atoms. The van der Waals surface area contributed by atoms with Gasteiger partial charge in [-0.15, -0.1) is 0 Å². The highest BCUT2D eigenvalue weighted by Gasteiger charge is 2.07. The van der Waals surface area contributed by atoms with Crippen molar-refractivity contribution in [2.45, 2.75) is 25.8 Å². The highest BCUT2D eigenvalue weighted by atomic mass is 79.9. The van der Waals surface area contributed by atoms with E-state index in [-0.39, 0.29) is 5.97 Å². The van der Waals surface area contributed by atoms with Crippen LogP contribution in [0.15, 0.2) is 22.7 Å². The Bertz CT molecular complexity index is 424. The van der Waals surface area contributed by atoms with Crippen LogP contribution in [0, 0.1) is 0 Å². The summed E-state index contributed by atoms with van der Waals surface area (Å²) in [6.45, 7) is 2.60. The second kappa shape index (κ2) is 9.91. The van der Waals surface area contributed by atoms with Gasteiger partial charge in [0, 0.05) is 24.7 Å². The molecule has 1 N–H and O–H groups in total. The quantitative estimate of drug-likeness (QED) is 0.552. The van der Waals surface area contributed by atoms with Gasteiger partial charge in [-0.3, -0.25) is 0 Å². The lowest BCUT2D eigenvalue weighted by atomic mass is 10.1. The highest BCUT2D eigenvalue weighted by Crippen LogP contribution is 2.19. The predicted octanol–water partition coefficient (Wildman–Crippen LogP) is 3.14. The number of hydrogen-bond donors (Lipinski definition) is 1. The van der Waals surface area contributed by atoms with Gasteiger partial charge in [-0.05, 0) is 43.5 Å². The molecular formula is C15H22BrNO3. The Morgan fingerprint density at radius 2 is 2.05 bits per heavy atom. The summed E-state index contributed by atoms with van der Waals surface area (Å²) in [7, 11) is 3.11. The molecule has 0 saturated heterocycles. The third-order valence-corrected chi connectivity index (χ3v) is 3.73. The standard InChI is InChI=1S/C15H22BrNO3/c1-19-9-5-3-4-8-17-11-13-7-6-12(10-14(13)16)15(18)20-2/h6-7,10,17H,3-5,8-9,11H2,1-2H3. The smallest absolute Gasteiger partial charge is 0.337 e. The zero-order valence-electron chi connectivity index (χ0n) is 12.1. The molecule has 0 aromatic heterocycles. The van der Waals surface area contributed by atoms with Crippen molar-refractivity contribution < 1.29 is 14.3 Å². The Morgan fingerprint density at radius 1 is 1.25 bits per heavy atom. The molecule has 0 spiro atoms. The fraction of sp³-hybridized carbons (Fsp3) is 0.533. The Labute approximate surface area is 129 Å². The number of carbonyl (C=O) groups excluding carboxylic acids is 1. The molecule has 0 fully saturated rings. The Kier molecular flexibility index (Phi) is 8.49. The molecule has 0 radical (unpaired) electrons. The Morgan fingerprint density at radius 3 is 2.70 bits per heavy atom. The van der Waals surface area contributed by atoms with Gasteiger partial charge in [0.05, 0.1) is 12.7 Å². The Hall–Kier alpha value is -0.910. The number of benzene rings is 1. The molecule has 112 valence electrons. The van der Waals surface area contributed by atoms with E-state index < -0.39 is 0 Å². The average Bonchev–Trinajstić information content (AvgIpc) is 2.46. The molecule has 0 amide bonds. The van der Waals surface area contributed by atoms with Crippen LogP contribution >= 0.6 is 15.9 Å². The first-order valence-corrected chi connectivity index (χ1v) is 7.54. The van der Waals surface area contributed by atoms with E-state index in [1.165, 1.54) is 13.5 Å². The van der Waals surface area contributed by atoms with E-state index in [9.17, 15) is 4.79 Å². The maximum absolute atomic E-state index is 11.4. The summed E-state index contributed by atoms with van der Waals surface area (Å²) < 4.78 is 10.6. The number of rotatable bonds is 9. The molecule has 1 rings (SSSR count). The molecule has 0 bridgehead atoms. The molecule has 0 atom stereocenters. The lowest BCUT2D eigenvalue weighted by Gasteiger charge is -2.08. The molecule has 5 heteroatoms. The zero-order chi connectivity index (χ0) is 14.8. The van der Waals surface area contributed by atoms with Crippen molar-refractivity contribution in [2.24, 2.45) is 0 Å². The number of hydrogen-bond acceptors (Lipinski definition) is 4. The van der Waals surface area contributed by atoms with Crippen LogP contribution in [-0.4, -0.2) is 33.3 Å². The number of nitrogens with one attached hydrogen (secondary N) is 1. The Balaban J connectivity index is 2.32. The van der Waals surface area contributed by atoms with Gasteiger partial charge >= 0.3 is 5.97 Å². The van der Waals surface area contributed by atoms with Crippen LogP contribution in [0.3, 0.4) is 0 Å². The molecule has 0 aliphatic heterocycles. The van der Waals surface area contributed by atoms with Crippen LogP contribution in [-0.2, 0) is 16.0 Å². The van der Waals surface area contributed by atoms with Gasteiger partial charge in [0.25, 0.3) is 0 Å². The minimum absolute atomic E-state index is 0.316. The predicted molar refractivity (Wildman–Crippen MR) is 82.9 cm³/mol. The minimum atomic E-state index is -0.316. The number of ether oxygens (including phenoxy) is 2. The van der Waals surface area contributed by atoms with Crippen molar-refractivity contribution in [1.82, 2.24) is 5.32 Å². The summed E-state index contributed by atoms with van der Waals surface area (Å²) in [5.41, 5.74) is 1.69. The number of carbonyl (C=O) groups is 1. The lowest BCUT2D eigenvalue weighted by Crippen LogP contribution is -2.15. The molecule has 0 aliphatic rings. The molecule has 1 aromatic rings. The fourth-order valence-corrected chi connectivity index (χ4v) is 2.35. The number of esters is 1.